The Labute approximate surface area is 585 Å². The van der Waals surface area contributed by atoms with Crippen molar-refractivity contribution in [1.82, 2.24) is 44.7 Å². The minimum Gasteiger partial charge on any atom is -0.451 e. The van der Waals surface area contributed by atoms with E-state index in [-0.39, 0.29) is 75.7 Å². The van der Waals surface area contributed by atoms with E-state index in [0.29, 0.717) is 68.8 Å². The van der Waals surface area contributed by atoms with Crippen LogP contribution in [0.1, 0.15) is 151 Å². The van der Waals surface area contributed by atoms with E-state index in [0.717, 1.165) is 110 Å². The van der Waals surface area contributed by atoms with Crippen LogP contribution in [0.2, 0.25) is 0 Å². The SMILES string of the molecule is C.C.C.CC1(F)CCCN(C(=O)c2csc(-c3cocn3)c2)CC1.O=C(c1csc(-c2cn[nH]c2)c1)N1CCOC[C@@H]1Cc1ccccc1.O=C(c1csc(-c2cocn2)c1)N1CCCC1c1ccc(F)cc1.O=C(c1csc(-c2cocn2)c1)N1CCCCC1c1ccc(F)cc1. The van der Waals surface area contributed by atoms with Crippen LogP contribution in [-0.4, -0.2) is 126 Å². The lowest BCUT2D eigenvalue weighted by atomic mass is 9.94. The van der Waals surface area contributed by atoms with E-state index < -0.39 is 5.67 Å². The summed E-state index contributed by atoms with van der Waals surface area (Å²) >= 11 is 5.98. The average Bonchev–Trinajstić information content (AvgIpc) is 1.51. The number of morpholine rings is 1. The lowest BCUT2D eigenvalue weighted by molar-refractivity contribution is -0.00161. The van der Waals surface area contributed by atoms with Crippen molar-refractivity contribution in [3.05, 3.63) is 226 Å². The standard InChI is InChI=1S/C19H17FN2O2S.C19H19N3O2S.C18H15FN2O2S.C15H17FN2O2S.3CH4/c20-15-6-4-13(5-7-15)17-3-1-2-8-22(17)19(23)14-9-18(25-11-14)16-10-24-12-21-16;23-19(15-9-18(25-13-15)16-10-20-21-11-16)22-6-7-24-12-17(22)8-14-4-2-1-3-5-14;19-14-5-3-12(4-6-14)16-2-1-7-21(16)18(22)13-8-17(24-10-13)15-9-23-11-20-15;1-15(16)3-2-5-18(6-4-15)14(19)11-7-13(21-9-11)12-8-20-10-17-12;;;/h4-7,9-12,17H,1-3,8H2;1-5,9-11,13,17H,6-8,12H2,(H,20,21);3-6,8-11,16H,1-2,7H2;7-10H,2-6H2,1H3;3*1H4/t;17-;;;;;/m.0...../s1. The van der Waals surface area contributed by atoms with Gasteiger partial charge in [-0.05, 0) is 130 Å². The molecule has 4 atom stereocenters. The van der Waals surface area contributed by atoms with Gasteiger partial charge in [-0.25, -0.2) is 28.1 Å². The summed E-state index contributed by atoms with van der Waals surface area (Å²) in [6.45, 7) is 5.96. The molecule has 4 saturated heterocycles. The molecule has 3 aromatic carbocycles. The number of hydrogen-bond donors (Lipinski definition) is 1. The number of carbonyl (C=O) groups is 4. The summed E-state index contributed by atoms with van der Waals surface area (Å²) in [4.78, 5) is 75.1. The molecule has 3 unspecified atom stereocenters. The minimum absolute atomic E-state index is 0. The van der Waals surface area contributed by atoms with Crippen LogP contribution >= 0.6 is 45.3 Å². The highest BCUT2D eigenvalue weighted by molar-refractivity contribution is 7.14. The maximum absolute atomic E-state index is 14.0. The summed E-state index contributed by atoms with van der Waals surface area (Å²) in [5, 5.41) is 14.3. The number of H-pyrrole nitrogens is 1. The quantitative estimate of drug-likeness (QED) is 0.122. The molecule has 11 aromatic rings. The van der Waals surface area contributed by atoms with Gasteiger partial charge in [0, 0.05) is 70.9 Å². The molecular formula is C74H80F3N9O8S4. The second-order valence-electron chi connectivity index (χ2n) is 23.7. The van der Waals surface area contributed by atoms with Crippen LogP contribution in [0.4, 0.5) is 13.2 Å². The molecular weight excluding hydrogens is 1330 g/mol. The number of oxazole rings is 3. The van der Waals surface area contributed by atoms with Crippen molar-refractivity contribution >= 4 is 69.0 Å². The van der Waals surface area contributed by atoms with Crippen LogP contribution in [0.15, 0.2) is 188 Å². The Morgan fingerprint density at radius 2 is 1.03 bits per heavy atom. The fraction of sp³-hybridized carbons (Fsp3) is 0.324. The number of thiophene rings is 4. The van der Waals surface area contributed by atoms with Crippen molar-refractivity contribution in [1.29, 1.82) is 0 Å². The Kier molecular flexibility index (Phi) is 25.7. The van der Waals surface area contributed by atoms with Crippen LogP contribution in [0.3, 0.4) is 0 Å². The summed E-state index contributed by atoms with van der Waals surface area (Å²) in [5.74, 6) is -0.445. The molecule has 0 spiro atoms. The lowest BCUT2D eigenvalue weighted by Gasteiger charge is -2.36. The Morgan fingerprint density at radius 3 is 1.53 bits per heavy atom. The number of halogens is 3. The van der Waals surface area contributed by atoms with Gasteiger partial charge < -0.3 is 37.6 Å². The van der Waals surface area contributed by atoms with E-state index >= 15 is 0 Å². The fourth-order valence-corrected chi connectivity index (χ4v) is 15.5. The Hall–Kier alpha value is -9.07. The molecule has 15 rings (SSSR count). The van der Waals surface area contributed by atoms with Gasteiger partial charge in [0.25, 0.3) is 23.6 Å². The fourth-order valence-electron chi connectivity index (χ4n) is 12.1. The summed E-state index contributed by atoms with van der Waals surface area (Å²) < 4.78 is 60.9. The Balaban J connectivity index is 0.000000152. The summed E-state index contributed by atoms with van der Waals surface area (Å²) in [5.41, 5.74) is 7.93. The number of ether oxygens (including phenoxy) is 1. The second kappa shape index (κ2) is 34.4. The number of aromatic amines is 1. The van der Waals surface area contributed by atoms with Crippen LogP contribution < -0.4 is 0 Å². The molecule has 514 valence electrons. The number of alkyl halides is 1. The lowest BCUT2D eigenvalue weighted by Crippen LogP contribution is -2.49. The van der Waals surface area contributed by atoms with Gasteiger partial charge in [0.05, 0.1) is 74.4 Å². The van der Waals surface area contributed by atoms with Gasteiger partial charge in [-0.3, -0.25) is 24.3 Å². The predicted molar refractivity (Wildman–Crippen MR) is 380 cm³/mol. The van der Waals surface area contributed by atoms with Gasteiger partial charge in [0.15, 0.2) is 19.2 Å². The molecule has 4 fully saturated rings. The van der Waals surface area contributed by atoms with Crippen molar-refractivity contribution in [2.45, 2.75) is 111 Å². The van der Waals surface area contributed by atoms with Gasteiger partial charge in [0.1, 0.15) is 53.2 Å². The number of piperidine rings is 1. The molecule has 24 heteroatoms. The van der Waals surface area contributed by atoms with E-state index in [4.69, 9.17) is 18.0 Å². The van der Waals surface area contributed by atoms with Gasteiger partial charge in [-0.2, -0.15) is 5.10 Å². The molecule has 98 heavy (non-hydrogen) atoms. The van der Waals surface area contributed by atoms with E-state index in [9.17, 15) is 32.3 Å². The number of rotatable bonds is 12. The number of amides is 4. The number of nitrogens with zero attached hydrogens (tertiary/aromatic N) is 8. The number of carbonyl (C=O) groups excluding carboxylic acids is 4. The number of aromatic nitrogens is 5. The van der Waals surface area contributed by atoms with Crippen molar-refractivity contribution in [3.8, 4) is 42.2 Å². The minimum atomic E-state index is -1.16. The normalized spacial score (nSPS) is 18.2. The van der Waals surface area contributed by atoms with Gasteiger partial charge in [-0.1, -0.05) is 76.9 Å². The summed E-state index contributed by atoms with van der Waals surface area (Å²) in [7, 11) is 0. The third-order valence-electron chi connectivity index (χ3n) is 17.1. The first-order chi connectivity index (χ1) is 46.3. The maximum atomic E-state index is 14.0. The molecule has 4 aliphatic heterocycles. The first kappa shape index (κ1) is 73.2. The monoisotopic (exact) mass is 1410 g/mol. The molecule has 0 bridgehead atoms. The maximum Gasteiger partial charge on any atom is 0.255 e. The summed E-state index contributed by atoms with van der Waals surface area (Å²) in [6.07, 6.45) is 19.7. The van der Waals surface area contributed by atoms with Crippen molar-refractivity contribution in [3.63, 3.8) is 0 Å². The zero-order valence-corrected chi connectivity index (χ0v) is 55.2. The zero-order chi connectivity index (χ0) is 65.7. The smallest absolute Gasteiger partial charge is 0.255 e. The Morgan fingerprint density at radius 1 is 0.551 bits per heavy atom. The van der Waals surface area contributed by atoms with E-state index in [1.807, 2.05) is 84.9 Å². The third-order valence-corrected chi connectivity index (χ3v) is 21.0. The first-order valence-electron chi connectivity index (χ1n) is 31.3. The molecule has 4 amide bonds. The largest absolute Gasteiger partial charge is 0.451 e. The first-order valence-corrected chi connectivity index (χ1v) is 34.9. The highest BCUT2D eigenvalue weighted by atomic mass is 32.1. The molecule has 0 radical (unpaired) electrons. The topological polar surface area (TPSA) is 197 Å². The van der Waals surface area contributed by atoms with Crippen LogP contribution in [0, 0.1) is 11.6 Å². The highest BCUT2D eigenvalue weighted by Gasteiger charge is 2.34. The molecule has 1 N–H and O–H groups in total. The predicted octanol–water partition coefficient (Wildman–Crippen LogP) is 18.3. The van der Waals surface area contributed by atoms with E-state index in [1.54, 1.807) is 72.4 Å². The number of nitrogens with one attached hydrogen (secondary N) is 1. The molecule has 12 heterocycles. The van der Waals surface area contributed by atoms with Crippen molar-refractivity contribution in [2.75, 3.05) is 45.9 Å². The summed E-state index contributed by atoms with van der Waals surface area (Å²) in [6, 6.07) is 30.7. The molecule has 0 aliphatic carbocycles. The van der Waals surface area contributed by atoms with Crippen LogP contribution in [0.5, 0.6) is 0 Å². The number of benzene rings is 3. The molecule has 0 saturated carbocycles. The number of likely N-dealkylation sites (tertiary alicyclic amines) is 3. The Bertz CT molecular complexity index is 4230. The van der Waals surface area contributed by atoms with Crippen molar-refractivity contribution in [2.24, 2.45) is 0 Å². The van der Waals surface area contributed by atoms with Crippen LogP contribution in [-0.2, 0) is 11.2 Å². The van der Waals surface area contributed by atoms with E-state index in [2.05, 4.69) is 37.3 Å². The highest BCUT2D eigenvalue weighted by Crippen LogP contribution is 2.38. The average molecular weight is 1410 g/mol. The van der Waals surface area contributed by atoms with Crippen molar-refractivity contribution < 1.29 is 50.3 Å². The van der Waals surface area contributed by atoms with Gasteiger partial charge in [-0.15, -0.1) is 45.3 Å². The van der Waals surface area contributed by atoms with Crippen LogP contribution in [0.25, 0.3) is 42.2 Å². The van der Waals surface area contributed by atoms with Gasteiger partial charge in [0.2, 0.25) is 0 Å². The number of hydrogen-bond acceptors (Lipinski definition) is 16. The van der Waals surface area contributed by atoms with E-state index in [1.165, 1.54) is 83.0 Å². The zero-order valence-electron chi connectivity index (χ0n) is 51.9. The third kappa shape index (κ3) is 18.2. The molecule has 8 aromatic heterocycles. The molecule has 4 aliphatic rings. The van der Waals surface area contributed by atoms with Gasteiger partial charge >= 0.3 is 0 Å². The second-order valence-corrected chi connectivity index (χ2v) is 27.3. The molecule has 17 nitrogen and oxygen atoms in total.